The van der Waals surface area contributed by atoms with Gasteiger partial charge in [0.2, 0.25) is 5.78 Å². The van der Waals surface area contributed by atoms with Crippen LogP contribution in [0.5, 0.6) is 0 Å². The highest BCUT2D eigenvalue weighted by Gasteiger charge is 2.34. The number of Topliss-reactive ketones (excluding diaryl/α,β-unsaturated/α-hetero) is 1. The molecular weight excluding hydrogens is 416 g/mol. The van der Waals surface area contributed by atoms with Crippen LogP contribution < -0.4 is 5.32 Å². The third-order valence-corrected chi connectivity index (χ3v) is 5.25. The number of methoxy groups -OCH3 is 1. The molecule has 0 radical (unpaired) electrons. The van der Waals surface area contributed by atoms with Crippen molar-refractivity contribution in [1.82, 2.24) is 4.57 Å². The third kappa shape index (κ3) is 4.82. The number of ether oxygens (including phenoxy) is 3. The first kappa shape index (κ1) is 23.1. The van der Waals surface area contributed by atoms with Gasteiger partial charge in [-0.3, -0.25) is 10.1 Å². The summed E-state index contributed by atoms with van der Waals surface area (Å²) in [5.74, 6) is -1.76. The molecule has 9 heteroatoms. The highest BCUT2D eigenvalue weighted by molar-refractivity contribution is 6.09. The van der Waals surface area contributed by atoms with Crippen LogP contribution >= 0.6 is 0 Å². The van der Waals surface area contributed by atoms with Crippen molar-refractivity contribution in [3.63, 3.8) is 0 Å². The van der Waals surface area contributed by atoms with Gasteiger partial charge in [0.15, 0.2) is 6.61 Å². The Morgan fingerprint density at radius 1 is 0.969 bits per heavy atom. The zero-order chi connectivity index (χ0) is 23.4. The number of carbonyl (C=O) groups is 4. The van der Waals surface area contributed by atoms with Gasteiger partial charge in [0.1, 0.15) is 0 Å². The number of hydrogen-bond acceptors (Lipinski definition) is 7. The van der Waals surface area contributed by atoms with E-state index < -0.39 is 30.4 Å². The molecule has 1 heterocycles. The Morgan fingerprint density at radius 3 is 2.16 bits per heavy atom. The van der Waals surface area contributed by atoms with Crippen molar-refractivity contribution >= 4 is 29.5 Å². The van der Waals surface area contributed by atoms with Crippen LogP contribution in [0.15, 0.2) is 24.3 Å². The maximum atomic E-state index is 12.9. The van der Waals surface area contributed by atoms with Crippen molar-refractivity contribution in [2.75, 3.05) is 25.6 Å². The van der Waals surface area contributed by atoms with Gasteiger partial charge < -0.3 is 18.8 Å². The average Bonchev–Trinajstić information content (AvgIpc) is 3.56. The standard InChI is InChI=1S/C23H26N2O7/c1-5-31-23(29)24-16-8-6-15(7-9-16)21(27)32-12-18(26)19-13(2)25(17-10-11-17)14(3)20(19)22(28)30-4/h6-9,17H,5,10-12H2,1-4H3,(H,24,29). The molecule has 0 bridgehead atoms. The van der Waals surface area contributed by atoms with Crippen LogP contribution in [-0.2, 0) is 14.2 Å². The van der Waals surface area contributed by atoms with E-state index in [-0.39, 0.29) is 29.3 Å². The minimum atomic E-state index is -0.698. The molecule has 1 N–H and O–H groups in total. The first-order valence-corrected chi connectivity index (χ1v) is 10.3. The summed E-state index contributed by atoms with van der Waals surface area (Å²) in [6.45, 7) is 4.98. The summed E-state index contributed by atoms with van der Waals surface area (Å²) in [4.78, 5) is 49.1. The summed E-state index contributed by atoms with van der Waals surface area (Å²) in [6.07, 6.45) is 1.37. The molecule has 0 unspecified atom stereocenters. The number of nitrogens with zero attached hydrogens (tertiary/aromatic N) is 1. The van der Waals surface area contributed by atoms with Crippen molar-refractivity contribution < 1.29 is 33.4 Å². The lowest BCUT2D eigenvalue weighted by atomic mass is 10.1. The fraction of sp³-hybridized carbons (Fsp3) is 0.391. The largest absolute Gasteiger partial charge is 0.465 e. The van der Waals surface area contributed by atoms with Gasteiger partial charge in [0, 0.05) is 23.1 Å². The fourth-order valence-electron chi connectivity index (χ4n) is 3.69. The zero-order valence-corrected chi connectivity index (χ0v) is 18.5. The van der Waals surface area contributed by atoms with Gasteiger partial charge in [-0.25, -0.2) is 14.4 Å². The minimum Gasteiger partial charge on any atom is -0.465 e. The second kappa shape index (κ2) is 9.67. The third-order valence-electron chi connectivity index (χ3n) is 5.25. The van der Waals surface area contributed by atoms with Crippen LogP contribution in [0, 0.1) is 13.8 Å². The lowest BCUT2D eigenvalue weighted by molar-refractivity contribution is 0.0473. The fourth-order valence-corrected chi connectivity index (χ4v) is 3.69. The van der Waals surface area contributed by atoms with E-state index in [1.165, 1.54) is 31.4 Å². The number of amides is 1. The van der Waals surface area contributed by atoms with Crippen molar-refractivity contribution in [2.24, 2.45) is 0 Å². The molecule has 0 spiro atoms. The van der Waals surface area contributed by atoms with Gasteiger partial charge in [-0.05, 0) is 57.9 Å². The lowest BCUT2D eigenvalue weighted by Gasteiger charge is -2.08. The van der Waals surface area contributed by atoms with E-state index in [2.05, 4.69) is 5.32 Å². The molecule has 1 saturated carbocycles. The summed E-state index contributed by atoms with van der Waals surface area (Å²) in [5.41, 5.74) is 2.45. The van der Waals surface area contributed by atoms with Crippen molar-refractivity contribution in [3.8, 4) is 0 Å². The molecule has 0 aliphatic heterocycles. The molecule has 32 heavy (non-hydrogen) atoms. The summed E-state index contributed by atoms with van der Waals surface area (Å²) in [6, 6.07) is 6.24. The van der Waals surface area contributed by atoms with Gasteiger partial charge >= 0.3 is 18.0 Å². The Bertz CT molecular complexity index is 1050. The molecular formula is C23H26N2O7. The molecule has 0 saturated heterocycles. The van der Waals surface area contributed by atoms with Gasteiger partial charge in [-0.2, -0.15) is 0 Å². The molecule has 3 rings (SSSR count). The lowest BCUT2D eigenvalue weighted by Crippen LogP contribution is -2.18. The molecule has 1 aromatic carbocycles. The maximum absolute atomic E-state index is 12.9. The van der Waals surface area contributed by atoms with Crippen molar-refractivity contribution in [2.45, 2.75) is 39.7 Å². The minimum absolute atomic E-state index is 0.212. The van der Waals surface area contributed by atoms with E-state index in [4.69, 9.17) is 14.2 Å². The van der Waals surface area contributed by atoms with Gasteiger partial charge in [0.05, 0.1) is 30.4 Å². The normalized spacial score (nSPS) is 12.8. The first-order chi connectivity index (χ1) is 15.3. The monoisotopic (exact) mass is 442 g/mol. The maximum Gasteiger partial charge on any atom is 0.411 e. The van der Waals surface area contributed by atoms with Crippen LogP contribution in [0.3, 0.4) is 0 Å². The van der Waals surface area contributed by atoms with Crippen molar-refractivity contribution in [3.05, 3.63) is 52.3 Å². The molecule has 1 amide bonds. The molecule has 2 aromatic rings. The van der Waals surface area contributed by atoms with Gasteiger partial charge in [-0.15, -0.1) is 0 Å². The molecule has 170 valence electrons. The number of ketones is 1. The summed E-state index contributed by atoms with van der Waals surface area (Å²) in [5, 5.41) is 2.52. The first-order valence-electron chi connectivity index (χ1n) is 10.3. The SMILES string of the molecule is CCOC(=O)Nc1ccc(C(=O)OCC(=O)c2c(C(=O)OC)c(C)n(C3CC3)c2C)cc1. The number of benzene rings is 1. The molecule has 1 aromatic heterocycles. The Balaban J connectivity index is 1.70. The van der Waals surface area contributed by atoms with E-state index in [9.17, 15) is 19.2 Å². The number of nitrogens with one attached hydrogen (secondary N) is 1. The van der Waals surface area contributed by atoms with Crippen LogP contribution in [0.1, 0.15) is 68.3 Å². The summed E-state index contributed by atoms with van der Waals surface area (Å²) in [7, 11) is 1.26. The Kier molecular flexibility index (Phi) is 6.97. The predicted octanol–water partition coefficient (Wildman–Crippen LogP) is 3.83. The molecule has 0 atom stereocenters. The number of hydrogen-bond donors (Lipinski definition) is 1. The smallest absolute Gasteiger partial charge is 0.411 e. The summed E-state index contributed by atoms with van der Waals surface area (Å²) >= 11 is 0. The number of rotatable bonds is 8. The highest BCUT2D eigenvalue weighted by Crippen LogP contribution is 2.40. The molecule has 1 aliphatic rings. The number of aromatic nitrogens is 1. The second-order valence-electron chi connectivity index (χ2n) is 7.44. The quantitative estimate of drug-likeness (QED) is 0.375. The zero-order valence-electron chi connectivity index (χ0n) is 18.5. The van der Waals surface area contributed by atoms with E-state index >= 15 is 0 Å². The number of carbonyl (C=O) groups excluding carboxylic acids is 4. The van der Waals surface area contributed by atoms with Crippen LogP contribution in [0.25, 0.3) is 0 Å². The van der Waals surface area contributed by atoms with Crippen LogP contribution in [0.2, 0.25) is 0 Å². The van der Waals surface area contributed by atoms with E-state index in [1.54, 1.807) is 20.8 Å². The van der Waals surface area contributed by atoms with Crippen LogP contribution in [0.4, 0.5) is 10.5 Å². The van der Waals surface area contributed by atoms with E-state index in [0.717, 1.165) is 12.8 Å². The number of anilines is 1. The summed E-state index contributed by atoms with van der Waals surface area (Å²) < 4.78 is 16.8. The Hall–Kier alpha value is -3.62. The highest BCUT2D eigenvalue weighted by atomic mass is 16.5. The number of esters is 2. The van der Waals surface area contributed by atoms with E-state index in [0.29, 0.717) is 17.1 Å². The molecule has 1 fully saturated rings. The van der Waals surface area contributed by atoms with E-state index in [1.807, 2.05) is 4.57 Å². The average molecular weight is 442 g/mol. The molecule has 1 aliphatic carbocycles. The van der Waals surface area contributed by atoms with Gasteiger partial charge in [-0.1, -0.05) is 0 Å². The predicted molar refractivity (Wildman–Crippen MR) is 115 cm³/mol. The second-order valence-corrected chi connectivity index (χ2v) is 7.44. The Morgan fingerprint density at radius 2 is 1.59 bits per heavy atom. The Labute approximate surface area is 185 Å². The molecule has 9 nitrogen and oxygen atoms in total. The van der Waals surface area contributed by atoms with Gasteiger partial charge in [0.25, 0.3) is 0 Å². The van der Waals surface area contributed by atoms with Crippen molar-refractivity contribution in [1.29, 1.82) is 0 Å². The van der Waals surface area contributed by atoms with Crippen LogP contribution in [-0.4, -0.2) is 48.7 Å². The topological polar surface area (TPSA) is 113 Å².